The molecule has 1 aromatic carbocycles. The first-order valence-corrected chi connectivity index (χ1v) is 4.79. The van der Waals surface area contributed by atoms with Crippen molar-refractivity contribution in [3.63, 3.8) is 0 Å². The number of alkyl halides is 2. The molecule has 0 saturated carbocycles. The number of hydrogen-bond acceptors (Lipinski definition) is 2. The van der Waals surface area contributed by atoms with Crippen LogP contribution in [-0.4, -0.2) is 16.4 Å². The number of benzene rings is 1. The van der Waals surface area contributed by atoms with E-state index in [9.17, 15) is 8.78 Å². The Labute approximate surface area is 95.2 Å². The first-order chi connectivity index (χ1) is 7.66. The van der Waals surface area contributed by atoms with E-state index in [0.717, 1.165) is 0 Å². The summed E-state index contributed by atoms with van der Waals surface area (Å²) in [6.07, 6.45) is 3.28. The normalized spacial score (nSPS) is 10.8. The van der Waals surface area contributed by atoms with Crippen LogP contribution >= 0.6 is 11.6 Å². The highest BCUT2D eigenvalue weighted by atomic mass is 35.5. The fourth-order valence-corrected chi connectivity index (χ4v) is 1.40. The number of halogens is 3. The van der Waals surface area contributed by atoms with E-state index in [0.29, 0.717) is 5.69 Å². The van der Waals surface area contributed by atoms with Gasteiger partial charge in [-0.3, -0.25) is 0 Å². The fraction of sp³-hybridized carbons (Fsp3) is 0.100. The second kappa shape index (κ2) is 4.49. The van der Waals surface area contributed by atoms with Gasteiger partial charge in [0, 0.05) is 18.5 Å². The Morgan fingerprint density at radius 3 is 2.81 bits per heavy atom. The van der Waals surface area contributed by atoms with Crippen LogP contribution in [0.1, 0.15) is 0 Å². The highest BCUT2D eigenvalue weighted by Crippen LogP contribution is 2.28. The average molecular weight is 245 g/mol. The molecule has 6 heteroatoms. The first-order valence-electron chi connectivity index (χ1n) is 4.41. The number of rotatable bonds is 3. The van der Waals surface area contributed by atoms with E-state index in [1.54, 1.807) is 24.5 Å². The summed E-state index contributed by atoms with van der Waals surface area (Å²) in [6, 6.07) is 6.27. The van der Waals surface area contributed by atoms with Crippen molar-refractivity contribution in [2.45, 2.75) is 6.61 Å². The lowest BCUT2D eigenvalue weighted by atomic mass is 10.3. The quantitative estimate of drug-likeness (QED) is 0.829. The second-order valence-electron chi connectivity index (χ2n) is 2.94. The highest BCUT2D eigenvalue weighted by molar-refractivity contribution is 6.32. The molecule has 1 aromatic heterocycles. The molecule has 0 aliphatic carbocycles. The third kappa shape index (κ3) is 2.30. The van der Waals surface area contributed by atoms with E-state index in [2.05, 4.69) is 9.84 Å². The Hall–Kier alpha value is -1.62. The Morgan fingerprint density at radius 2 is 2.19 bits per heavy atom. The molecule has 16 heavy (non-hydrogen) atoms. The third-order valence-electron chi connectivity index (χ3n) is 1.90. The molecule has 0 amide bonds. The molecule has 0 saturated heterocycles. The summed E-state index contributed by atoms with van der Waals surface area (Å²) < 4.78 is 29.9. The molecule has 0 aliphatic heterocycles. The predicted octanol–water partition coefficient (Wildman–Crippen LogP) is 3.13. The minimum absolute atomic E-state index is 0.0651. The Balaban J connectivity index is 2.36. The van der Waals surface area contributed by atoms with Gasteiger partial charge in [-0.05, 0) is 18.2 Å². The maximum Gasteiger partial charge on any atom is 0.387 e. The SMILES string of the molecule is FC(F)Oc1cc(-n2cccn2)ccc1Cl. The van der Waals surface area contributed by atoms with Crippen LogP contribution in [0.4, 0.5) is 8.78 Å². The number of hydrogen-bond donors (Lipinski definition) is 0. The van der Waals surface area contributed by atoms with Crippen LogP contribution in [0.5, 0.6) is 5.75 Å². The van der Waals surface area contributed by atoms with Crippen molar-refractivity contribution in [2.75, 3.05) is 0 Å². The number of nitrogens with zero attached hydrogens (tertiary/aromatic N) is 2. The van der Waals surface area contributed by atoms with Crippen molar-refractivity contribution in [2.24, 2.45) is 0 Å². The van der Waals surface area contributed by atoms with E-state index >= 15 is 0 Å². The van der Waals surface area contributed by atoms with Crippen LogP contribution in [0.2, 0.25) is 5.02 Å². The highest BCUT2D eigenvalue weighted by Gasteiger charge is 2.10. The molecule has 0 fully saturated rings. The molecule has 2 aromatic rings. The zero-order valence-electron chi connectivity index (χ0n) is 7.98. The van der Waals surface area contributed by atoms with E-state index in [1.807, 2.05) is 0 Å². The lowest BCUT2D eigenvalue weighted by Gasteiger charge is -2.08. The molecule has 0 atom stereocenters. The zero-order valence-corrected chi connectivity index (χ0v) is 8.73. The van der Waals surface area contributed by atoms with Crippen molar-refractivity contribution in [3.05, 3.63) is 41.7 Å². The summed E-state index contributed by atoms with van der Waals surface area (Å²) in [6.45, 7) is -2.90. The predicted molar refractivity (Wildman–Crippen MR) is 55.2 cm³/mol. The van der Waals surface area contributed by atoms with Gasteiger partial charge in [0.1, 0.15) is 5.75 Å². The van der Waals surface area contributed by atoms with Gasteiger partial charge in [-0.2, -0.15) is 13.9 Å². The lowest BCUT2D eigenvalue weighted by Crippen LogP contribution is -2.03. The topological polar surface area (TPSA) is 27.1 Å². The summed E-state index contributed by atoms with van der Waals surface area (Å²) in [5.41, 5.74) is 0.602. The van der Waals surface area contributed by atoms with Gasteiger partial charge in [0.05, 0.1) is 10.7 Å². The summed E-state index contributed by atoms with van der Waals surface area (Å²) in [5.74, 6) is -0.0651. The largest absolute Gasteiger partial charge is 0.433 e. The minimum atomic E-state index is -2.90. The fourth-order valence-electron chi connectivity index (χ4n) is 1.24. The lowest BCUT2D eigenvalue weighted by molar-refractivity contribution is -0.0497. The molecular weight excluding hydrogens is 238 g/mol. The van der Waals surface area contributed by atoms with Crippen LogP contribution in [-0.2, 0) is 0 Å². The average Bonchev–Trinajstić information content (AvgIpc) is 2.73. The molecule has 84 valence electrons. The van der Waals surface area contributed by atoms with E-state index < -0.39 is 6.61 Å². The molecule has 3 nitrogen and oxygen atoms in total. The molecule has 0 radical (unpaired) electrons. The van der Waals surface area contributed by atoms with Gasteiger partial charge in [-0.1, -0.05) is 11.6 Å². The molecule has 0 spiro atoms. The van der Waals surface area contributed by atoms with Crippen LogP contribution in [0, 0.1) is 0 Å². The van der Waals surface area contributed by atoms with Crippen LogP contribution in [0.15, 0.2) is 36.7 Å². The Bertz CT molecular complexity index is 474. The van der Waals surface area contributed by atoms with E-state index in [-0.39, 0.29) is 10.8 Å². The Kier molecular flexibility index (Phi) is 3.05. The van der Waals surface area contributed by atoms with Gasteiger partial charge in [0.25, 0.3) is 0 Å². The van der Waals surface area contributed by atoms with Gasteiger partial charge < -0.3 is 4.74 Å². The molecule has 2 rings (SSSR count). The summed E-state index contributed by atoms with van der Waals surface area (Å²) in [7, 11) is 0. The first kappa shape index (κ1) is 10.9. The zero-order chi connectivity index (χ0) is 11.5. The van der Waals surface area contributed by atoms with E-state index in [1.165, 1.54) is 16.8 Å². The second-order valence-corrected chi connectivity index (χ2v) is 3.35. The van der Waals surface area contributed by atoms with Crippen molar-refractivity contribution in [1.29, 1.82) is 0 Å². The van der Waals surface area contributed by atoms with Gasteiger partial charge in [-0.15, -0.1) is 0 Å². The van der Waals surface area contributed by atoms with E-state index in [4.69, 9.17) is 11.6 Å². The van der Waals surface area contributed by atoms with Gasteiger partial charge in [0.2, 0.25) is 0 Å². The monoisotopic (exact) mass is 244 g/mol. The Morgan fingerprint density at radius 1 is 1.38 bits per heavy atom. The maximum absolute atomic E-state index is 12.1. The van der Waals surface area contributed by atoms with Gasteiger partial charge in [0.15, 0.2) is 0 Å². The van der Waals surface area contributed by atoms with Gasteiger partial charge >= 0.3 is 6.61 Å². The van der Waals surface area contributed by atoms with Crippen molar-refractivity contribution < 1.29 is 13.5 Å². The molecule has 0 aliphatic rings. The van der Waals surface area contributed by atoms with Gasteiger partial charge in [-0.25, -0.2) is 4.68 Å². The maximum atomic E-state index is 12.1. The minimum Gasteiger partial charge on any atom is -0.433 e. The van der Waals surface area contributed by atoms with Crippen molar-refractivity contribution >= 4 is 11.6 Å². The molecule has 0 N–H and O–H groups in total. The summed E-state index contributed by atoms with van der Waals surface area (Å²) in [4.78, 5) is 0. The smallest absolute Gasteiger partial charge is 0.387 e. The molecule has 0 bridgehead atoms. The van der Waals surface area contributed by atoms with Crippen LogP contribution in [0.3, 0.4) is 0 Å². The number of aromatic nitrogens is 2. The van der Waals surface area contributed by atoms with Crippen LogP contribution in [0.25, 0.3) is 5.69 Å². The summed E-state index contributed by atoms with van der Waals surface area (Å²) >= 11 is 5.71. The van der Waals surface area contributed by atoms with Crippen molar-refractivity contribution in [3.8, 4) is 11.4 Å². The third-order valence-corrected chi connectivity index (χ3v) is 2.21. The molecular formula is C10H7ClF2N2O. The number of ether oxygens (including phenoxy) is 1. The standard InChI is InChI=1S/C10H7ClF2N2O/c11-8-3-2-7(15-5-1-4-14-15)6-9(8)16-10(12)13/h1-6,10H. The summed E-state index contributed by atoms with van der Waals surface area (Å²) in [5, 5.41) is 4.10. The van der Waals surface area contributed by atoms with Crippen molar-refractivity contribution in [1.82, 2.24) is 9.78 Å². The van der Waals surface area contributed by atoms with Crippen LogP contribution < -0.4 is 4.74 Å². The molecule has 0 unspecified atom stereocenters. The molecule has 1 heterocycles.